The van der Waals surface area contributed by atoms with Gasteiger partial charge >= 0.3 is 5.97 Å². The average Bonchev–Trinajstić information content (AvgIpc) is 3.38. The Morgan fingerprint density at radius 2 is 1.79 bits per heavy atom. The molecule has 4 aromatic rings. The van der Waals surface area contributed by atoms with Crippen molar-refractivity contribution < 1.29 is 17.9 Å². The molecule has 2 heterocycles. The lowest BCUT2D eigenvalue weighted by atomic mass is 10.1. The van der Waals surface area contributed by atoms with Crippen LogP contribution < -0.4 is 4.72 Å². The Bertz CT molecular complexity index is 1440. The predicted octanol–water partition coefficient (Wildman–Crippen LogP) is 3.25. The number of para-hydroxylation sites is 1. The first-order valence-corrected chi connectivity index (χ1v) is 11.2. The minimum Gasteiger partial charge on any atom is -0.464 e. The van der Waals surface area contributed by atoms with Crippen molar-refractivity contribution in [3.8, 4) is 17.5 Å². The zero-order chi connectivity index (χ0) is 23.3. The fourth-order valence-electron chi connectivity index (χ4n) is 2.92. The van der Waals surface area contributed by atoms with Gasteiger partial charge < -0.3 is 4.74 Å². The molecule has 0 fully saturated rings. The van der Waals surface area contributed by atoms with Crippen LogP contribution in [0.15, 0.2) is 90.2 Å². The molecule has 0 aliphatic carbocycles. The van der Waals surface area contributed by atoms with E-state index in [4.69, 9.17) is 0 Å². The van der Waals surface area contributed by atoms with Crippen molar-refractivity contribution >= 4 is 21.7 Å². The summed E-state index contributed by atoms with van der Waals surface area (Å²) in [5.74, 6) is 5.34. The third-order valence-corrected chi connectivity index (χ3v) is 5.97. The van der Waals surface area contributed by atoms with E-state index in [1.54, 1.807) is 65.6 Å². The number of ether oxygens (including phenoxy) is 1. The highest BCUT2D eigenvalue weighted by atomic mass is 32.2. The Labute approximate surface area is 190 Å². The number of carbonyl (C=O) groups is 1. The molecule has 0 bridgehead atoms. The summed E-state index contributed by atoms with van der Waals surface area (Å²) in [5, 5.41) is 4.13. The third-order valence-electron chi connectivity index (χ3n) is 4.59. The predicted molar refractivity (Wildman–Crippen MR) is 122 cm³/mol. The fourth-order valence-corrected chi connectivity index (χ4v) is 4.00. The van der Waals surface area contributed by atoms with Crippen LogP contribution in [0, 0.1) is 11.8 Å². The Morgan fingerprint density at radius 3 is 2.45 bits per heavy atom. The summed E-state index contributed by atoms with van der Waals surface area (Å²) in [4.78, 5) is 15.6. The minimum atomic E-state index is -3.83. The van der Waals surface area contributed by atoms with Crippen LogP contribution in [0.4, 0.5) is 5.69 Å². The van der Waals surface area contributed by atoms with Crippen molar-refractivity contribution in [1.82, 2.24) is 14.8 Å². The molecular weight excluding hydrogens is 440 g/mol. The lowest BCUT2D eigenvalue weighted by Crippen LogP contribution is -2.14. The first-order chi connectivity index (χ1) is 16.0. The Morgan fingerprint density at radius 1 is 1.00 bits per heavy atom. The molecule has 0 atom stereocenters. The molecule has 0 amide bonds. The van der Waals surface area contributed by atoms with E-state index in [2.05, 4.69) is 31.4 Å². The quantitative estimate of drug-likeness (QED) is 0.364. The van der Waals surface area contributed by atoms with Crippen molar-refractivity contribution in [1.29, 1.82) is 0 Å². The number of nitrogens with zero attached hydrogens (tertiary/aromatic N) is 3. The molecule has 2 aromatic carbocycles. The topological polar surface area (TPSA) is 103 Å². The van der Waals surface area contributed by atoms with E-state index < -0.39 is 16.0 Å². The maximum absolute atomic E-state index is 12.9. The molecule has 0 unspecified atom stereocenters. The summed E-state index contributed by atoms with van der Waals surface area (Å²) in [5.41, 5.74) is 2.33. The number of methoxy groups -OCH3 is 1. The van der Waals surface area contributed by atoms with Gasteiger partial charge in [0, 0.05) is 29.7 Å². The van der Waals surface area contributed by atoms with E-state index in [-0.39, 0.29) is 10.6 Å². The minimum absolute atomic E-state index is 0.115. The lowest BCUT2D eigenvalue weighted by molar-refractivity contribution is 0.0594. The van der Waals surface area contributed by atoms with E-state index in [0.29, 0.717) is 16.8 Å². The number of benzene rings is 2. The van der Waals surface area contributed by atoms with E-state index in [1.165, 1.54) is 31.5 Å². The van der Waals surface area contributed by atoms with Gasteiger partial charge in [0.25, 0.3) is 10.0 Å². The SMILES string of the molecule is COC(=O)c1ccc(C#Cc2ccccc2NS(=O)(=O)c2ccc(-n3cccn3)cc2)cn1. The number of hydrogen-bond donors (Lipinski definition) is 1. The van der Waals surface area contributed by atoms with Gasteiger partial charge in [0.1, 0.15) is 5.69 Å². The summed E-state index contributed by atoms with van der Waals surface area (Å²) in [6.07, 6.45) is 4.87. The number of rotatable bonds is 5. The second kappa shape index (κ2) is 9.38. The lowest BCUT2D eigenvalue weighted by Gasteiger charge is -2.10. The van der Waals surface area contributed by atoms with Crippen LogP contribution in [0.3, 0.4) is 0 Å². The molecule has 0 spiro atoms. The molecule has 1 N–H and O–H groups in total. The van der Waals surface area contributed by atoms with Crippen molar-refractivity contribution in [3.63, 3.8) is 0 Å². The maximum Gasteiger partial charge on any atom is 0.356 e. The van der Waals surface area contributed by atoms with Gasteiger partial charge in [-0.05, 0) is 54.6 Å². The maximum atomic E-state index is 12.9. The van der Waals surface area contributed by atoms with Crippen LogP contribution in [-0.2, 0) is 14.8 Å². The van der Waals surface area contributed by atoms with Crippen molar-refractivity contribution in [3.05, 3.63) is 102 Å². The summed E-state index contributed by atoms with van der Waals surface area (Å²) in [7, 11) is -2.55. The monoisotopic (exact) mass is 458 g/mol. The number of anilines is 1. The second-order valence-electron chi connectivity index (χ2n) is 6.77. The number of hydrogen-bond acceptors (Lipinski definition) is 6. The van der Waals surface area contributed by atoms with E-state index in [0.717, 1.165) is 5.69 Å². The number of nitrogens with one attached hydrogen (secondary N) is 1. The van der Waals surface area contributed by atoms with Crippen LogP contribution in [-0.4, -0.2) is 36.3 Å². The Balaban J connectivity index is 1.55. The molecular formula is C24H18N4O4S. The molecule has 8 nitrogen and oxygen atoms in total. The van der Waals surface area contributed by atoms with Crippen molar-refractivity contribution in [2.45, 2.75) is 4.90 Å². The molecule has 0 saturated heterocycles. The molecule has 9 heteroatoms. The molecule has 164 valence electrons. The van der Waals surface area contributed by atoms with Gasteiger partial charge in [0.15, 0.2) is 0 Å². The first-order valence-electron chi connectivity index (χ1n) is 9.74. The van der Waals surface area contributed by atoms with Crippen LogP contribution >= 0.6 is 0 Å². The highest BCUT2D eigenvalue weighted by Gasteiger charge is 2.16. The van der Waals surface area contributed by atoms with Gasteiger partial charge in [-0.25, -0.2) is 22.9 Å². The largest absolute Gasteiger partial charge is 0.464 e. The summed E-state index contributed by atoms with van der Waals surface area (Å²) < 4.78 is 34.7. The third kappa shape index (κ3) is 5.08. The standard InChI is InChI=1S/C24H18N4O4S/c1-32-24(29)23-14-8-18(17-25-23)7-9-19-5-2-3-6-22(19)27-33(30,31)21-12-10-20(11-13-21)28-16-4-15-26-28/h2-6,8,10-17,27H,1H3. The van der Waals surface area contributed by atoms with Gasteiger partial charge in [-0.15, -0.1) is 0 Å². The van der Waals surface area contributed by atoms with E-state index in [1.807, 2.05) is 0 Å². The number of pyridine rings is 1. The molecule has 0 saturated carbocycles. The normalized spacial score (nSPS) is 10.7. The van der Waals surface area contributed by atoms with Gasteiger partial charge in [-0.3, -0.25) is 4.72 Å². The number of carbonyl (C=O) groups excluding carboxylic acids is 1. The van der Waals surface area contributed by atoms with E-state index >= 15 is 0 Å². The highest BCUT2D eigenvalue weighted by Crippen LogP contribution is 2.20. The van der Waals surface area contributed by atoms with Crippen molar-refractivity contribution in [2.24, 2.45) is 0 Å². The zero-order valence-electron chi connectivity index (χ0n) is 17.5. The van der Waals surface area contributed by atoms with Crippen LogP contribution in [0.2, 0.25) is 0 Å². The van der Waals surface area contributed by atoms with Crippen molar-refractivity contribution in [2.75, 3.05) is 11.8 Å². The fraction of sp³-hybridized carbons (Fsp3) is 0.0417. The van der Waals surface area contributed by atoms with Gasteiger partial charge in [0.05, 0.1) is 23.4 Å². The van der Waals surface area contributed by atoms with E-state index in [9.17, 15) is 13.2 Å². The summed E-state index contributed by atoms with van der Waals surface area (Å²) in [6.45, 7) is 0. The van der Waals surface area contributed by atoms with Gasteiger partial charge in [0.2, 0.25) is 0 Å². The first kappa shape index (κ1) is 21.8. The summed E-state index contributed by atoms with van der Waals surface area (Å²) >= 11 is 0. The van der Waals surface area contributed by atoms with Gasteiger partial charge in [-0.1, -0.05) is 24.0 Å². The molecule has 0 aliphatic heterocycles. The second-order valence-corrected chi connectivity index (χ2v) is 8.45. The molecule has 4 rings (SSSR count). The number of esters is 1. The van der Waals surface area contributed by atoms with Crippen LogP contribution in [0.5, 0.6) is 0 Å². The molecule has 2 aromatic heterocycles. The molecule has 0 radical (unpaired) electrons. The number of aromatic nitrogens is 3. The Hall–Kier alpha value is -4.42. The highest BCUT2D eigenvalue weighted by molar-refractivity contribution is 7.92. The van der Waals surface area contributed by atoms with Crippen LogP contribution in [0.25, 0.3) is 5.69 Å². The smallest absolute Gasteiger partial charge is 0.356 e. The average molecular weight is 458 g/mol. The van der Waals surface area contributed by atoms with Crippen LogP contribution in [0.1, 0.15) is 21.6 Å². The zero-order valence-corrected chi connectivity index (χ0v) is 18.3. The molecule has 0 aliphatic rings. The summed E-state index contributed by atoms with van der Waals surface area (Å²) in [6, 6.07) is 18.2. The molecule has 33 heavy (non-hydrogen) atoms. The van der Waals surface area contributed by atoms with Gasteiger partial charge in [-0.2, -0.15) is 5.10 Å². The Kier molecular flexibility index (Phi) is 6.20. The number of sulfonamides is 1.